The Hall–Kier alpha value is -1.52. The molecule has 0 aliphatic heterocycles. The summed E-state index contributed by atoms with van der Waals surface area (Å²) in [5.41, 5.74) is 2.25. The van der Waals surface area contributed by atoms with Crippen molar-refractivity contribution in [3.05, 3.63) is 46.7 Å². The summed E-state index contributed by atoms with van der Waals surface area (Å²) in [6.07, 6.45) is 2.63. The highest BCUT2D eigenvalue weighted by Crippen LogP contribution is 2.23. The van der Waals surface area contributed by atoms with Gasteiger partial charge in [-0.2, -0.15) is 5.10 Å². The molecule has 1 aromatic carbocycles. The van der Waals surface area contributed by atoms with Gasteiger partial charge in [0.1, 0.15) is 5.75 Å². The lowest BCUT2D eigenvalue weighted by Gasteiger charge is -2.12. The Balaban J connectivity index is 1.96. The van der Waals surface area contributed by atoms with E-state index < -0.39 is 0 Å². The Bertz CT molecular complexity index is 554. The SMILES string of the molecule is CCNCc1cc(Cl)ccc1OCCc1ccnn1C. The van der Waals surface area contributed by atoms with E-state index in [9.17, 15) is 0 Å². The van der Waals surface area contributed by atoms with Gasteiger partial charge in [0, 0.05) is 42.5 Å². The predicted molar refractivity (Wildman–Crippen MR) is 81.2 cm³/mol. The van der Waals surface area contributed by atoms with E-state index in [4.69, 9.17) is 16.3 Å². The van der Waals surface area contributed by atoms with Gasteiger partial charge in [0.25, 0.3) is 0 Å². The van der Waals surface area contributed by atoms with Crippen LogP contribution in [0.1, 0.15) is 18.2 Å². The number of rotatable bonds is 7. The molecule has 1 N–H and O–H groups in total. The number of nitrogens with one attached hydrogen (secondary N) is 1. The molecule has 0 aliphatic rings. The third kappa shape index (κ3) is 3.99. The summed E-state index contributed by atoms with van der Waals surface area (Å²) in [4.78, 5) is 0. The molecular formula is C15H20ClN3O. The molecule has 0 amide bonds. The van der Waals surface area contributed by atoms with Crippen LogP contribution in [0.2, 0.25) is 5.02 Å². The van der Waals surface area contributed by atoms with E-state index in [1.54, 1.807) is 6.20 Å². The van der Waals surface area contributed by atoms with Crippen LogP contribution in [0.25, 0.3) is 0 Å². The third-order valence-electron chi connectivity index (χ3n) is 3.13. The van der Waals surface area contributed by atoms with E-state index >= 15 is 0 Å². The van der Waals surface area contributed by atoms with Gasteiger partial charge in [-0.15, -0.1) is 0 Å². The molecule has 0 aliphatic carbocycles. The molecular weight excluding hydrogens is 274 g/mol. The molecule has 1 aromatic heterocycles. The van der Waals surface area contributed by atoms with Crippen LogP contribution in [0.5, 0.6) is 5.75 Å². The van der Waals surface area contributed by atoms with Crippen LogP contribution in [0.15, 0.2) is 30.5 Å². The van der Waals surface area contributed by atoms with Crippen molar-refractivity contribution in [2.45, 2.75) is 19.9 Å². The summed E-state index contributed by atoms with van der Waals surface area (Å²) < 4.78 is 7.74. The minimum atomic E-state index is 0.625. The molecule has 5 heteroatoms. The Kier molecular flexibility index (Phi) is 5.44. The number of benzene rings is 1. The number of hydrogen-bond acceptors (Lipinski definition) is 3. The van der Waals surface area contributed by atoms with Crippen LogP contribution < -0.4 is 10.1 Å². The maximum atomic E-state index is 6.04. The van der Waals surface area contributed by atoms with Crippen molar-refractivity contribution in [3.8, 4) is 5.75 Å². The molecule has 0 bridgehead atoms. The summed E-state index contributed by atoms with van der Waals surface area (Å²) in [7, 11) is 1.94. The standard InChI is InChI=1S/C15H20ClN3O/c1-3-17-11-12-10-13(16)4-5-15(12)20-9-7-14-6-8-18-19(14)2/h4-6,8,10,17H,3,7,9,11H2,1-2H3. The first-order valence-corrected chi connectivity index (χ1v) is 7.17. The van der Waals surface area contributed by atoms with E-state index in [2.05, 4.69) is 17.3 Å². The zero-order valence-electron chi connectivity index (χ0n) is 11.9. The van der Waals surface area contributed by atoms with Crippen molar-refractivity contribution in [1.82, 2.24) is 15.1 Å². The first-order chi connectivity index (χ1) is 9.70. The third-order valence-corrected chi connectivity index (χ3v) is 3.36. The fraction of sp³-hybridized carbons (Fsp3) is 0.400. The average Bonchev–Trinajstić information content (AvgIpc) is 2.84. The molecule has 0 spiro atoms. The van der Waals surface area contributed by atoms with Crippen LogP contribution >= 0.6 is 11.6 Å². The first kappa shape index (κ1) is 14.9. The second kappa shape index (κ2) is 7.31. The maximum absolute atomic E-state index is 6.04. The molecule has 0 radical (unpaired) electrons. The predicted octanol–water partition coefficient (Wildman–Crippen LogP) is 2.80. The molecule has 108 valence electrons. The highest BCUT2D eigenvalue weighted by Gasteiger charge is 2.05. The van der Waals surface area contributed by atoms with Crippen LogP contribution in [0.3, 0.4) is 0 Å². The fourth-order valence-electron chi connectivity index (χ4n) is 2.00. The van der Waals surface area contributed by atoms with Gasteiger partial charge in [-0.3, -0.25) is 4.68 Å². The molecule has 0 atom stereocenters. The lowest BCUT2D eigenvalue weighted by molar-refractivity contribution is 0.314. The number of ether oxygens (including phenoxy) is 1. The van der Waals surface area contributed by atoms with Gasteiger partial charge in [0.2, 0.25) is 0 Å². The second-order valence-corrected chi connectivity index (χ2v) is 5.01. The molecule has 0 saturated heterocycles. The average molecular weight is 294 g/mol. The smallest absolute Gasteiger partial charge is 0.123 e. The van der Waals surface area contributed by atoms with E-state index in [1.165, 1.54) is 0 Å². The highest BCUT2D eigenvalue weighted by molar-refractivity contribution is 6.30. The first-order valence-electron chi connectivity index (χ1n) is 6.79. The van der Waals surface area contributed by atoms with E-state index in [1.807, 2.05) is 36.0 Å². The van der Waals surface area contributed by atoms with E-state index in [0.717, 1.165) is 41.5 Å². The van der Waals surface area contributed by atoms with Gasteiger partial charge < -0.3 is 10.1 Å². The zero-order valence-corrected chi connectivity index (χ0v) is 12.7. The summed E-state index contributed by atoms with van der Waals surface area (Å²) in [6.45, 7) is 4.38. The fourth-order valence-corrected chi connectivity index (χ4v) is 2.19. The van der Waals surface area contributed by atoms with Crippen molar-refractivity contribution in [2.75, 3.05) is 13.2 Å². The molecule has 2 rings (SSSR count). The second-order valence-electron chi connectivity index (χ2n) is 4.58. The van der Waals surface area contributed by atoms with Crippen LogP contribution in [-0.4, -0.2) is 22.9 Å². The van der Waals surface area contributed by atoms with E-state index in [0.29, 0.717) is 6.61 Å². The summed E-state index contributed by atoms with van der Waals surface area (Å²) in [6, 6.07) is 7.74. The van der Waals surface area contributed by atoms with Gasteiger partial charge >= 0.3 is 0 Å². The van der Waals surface area contributed by atoms with Crippen LogP contribution in [0, 0.1) is 0 Å². The quantitative estimate of drug-likeness (QED) is 0.853. The van der Waals surface area contributed by atoms with Gasteiger partial charge in [-0.1, -0.05) is 18.5 Å². The molecule has 2 aromatic rings. The zero-order chi connectivity index (χ0) is 14.4. The monoisotopic (exact) mass is 293 g/mol. The number of hydrogen-bond donors (Lipinski definition) is 1. The molecule has 0 unspecified atom stereocenters. The highest BCUT2D eigenvalue weighted by atomic mass is 35.5. The summed E-state index contributed by atoms with van der Waals surface area (Å²) >= 11 is 6.04. The Labute approximate surface area is 124 Å². The van der Waals surface area contributed by atoms with Crippen molar-refractivity contribution in [1.29, 1.82) is 0 Å². The molecule has 1 heterocycles. The Morgan fingerprint density at radius 2 is 2.20 bits per heavy atom. The molecule has 4 nitrogen and oxygen atoms in total. The summed E-state index contributed by atoms with van der Waals surface area (Å²) in [5.74, 6) is 0.887. The van der Waals surface area contributed by atoms with Gasteiger partial charge in [-0.25, -0.2) is 0 Å². The number of nitrogens with zero attached hydrogens (tertiary/aromatic N) is 2. The van der Waals surface area contributed by atoms with Gasteiger partial charge in [-0.05, 0) is 30.8 Å². The van der Waals surface area contributed by atoms with Crippen molar-refractivity contribution >= 4 is 11.6 Å². The van der Waals surface area contributed by atoms with E-state index in [-0.39, 0.29) is 0 Å². The number of aryl methyl sites for hydroxylation is 1. The van der Waals surface area contributed by atoms with Crippen molar-refractivity contribution < 1.29 is 4.74 Å². The van der Waals surface area contributed by atoms with Gasteiger partial charge in [0.15, 0.2) is 0 Å². The number of halogens is 1. The number of aromatic nitrogens is 2. The van der Waals surface area contributed by atoms with Crippen LogP contribution in [0.4, 0.5) is 0 Å². The molecule has 0 fully saturated rings. The Morgan fingerprint density at radius 3 is 2.90 bits per heavy atom. The minimum Gasteiger partial charge on any atom is -0.493 e. The lowest BCUT2D eigenvalue weighted by Crippen LogP contribution is -2.13. The Morgan fingerprint density at radius 1 is 1.35 bits per heavy atom. The van der Waals surface area contributed by atoms with Crippen molar-refractivity contribution in [3.63, 3.8) is 0 Å². The van der Waals surface area contributed by atoms with Gasteiger partial charge in [0.05, 0.1) is 6.61 Å². The topological polar surface area (TPSA) is 39.1 Å². The van der Waals surface area contributed by atoms with Crippen LogP contribution in [-0.2, 0) is 20.0 Å². The normalized spacial score (nSPS) is 10.8. The van der Waals surface area contributed by atoms with Crippen molar-refractivity contribution in [2.24, 2.45) is 7.05 Å². The minimum absolute atomic E-state index is 0.625. The largest absolute Gasteiger partial charge is 0.493 e. The lowest BCUT2D eigenvalue weighted by atomic mass is 10.2. The summed E-state index contributed by atoms with van der Waals surface area (Å²) in [5, 5.41) is 8.17. The molecule has 20 heavy (non-hydrogen) atoms. The molecule has 0 saturated carbocycles. The maximum Gasteiger partial charge on any atom is 0.123 e.